The number of benzene rings is 1. The second kappa shape index (κ2) is 7.66. The Morgan fingerprint density at radius 1 is 1.17 bits per heavy atom. The van der Waals surface area contributed by atoms with Gasteiger partial charge in [-0.3, -0.25) is 4.90 Å². The van der Waals surface area contributed by atoms with Crippen molar-refractivity contribution in [2.75, 3.05) is 32.7 Å². The minimum Gasteiger partial charge on any atom is -0.444 e. The molecule has 132 valence electrons. The number of piperazine rings is 1. The van der Waals surface area contributed by atoms with E-state index in [9.17, 15) is 10.0 Å². The maximum atomic E-state index is 12.1. The van der Waals surface area contributed by atoms with Gasteiger partial charge < -0.3 is 14.8 Å². The summed E-state index contributed by atoms with van der Waals surface area (Å²) in [5.41, 5.74) is 2.25. The fraction of sp³-hybridized carbons (Fsp3) is 0.556. The van der Waals surface area contributed by atoms with E-state index in [4.69, 9.17) is 4.74 Å². The molecule has 24 heavy (non-hydrogen) atoms. The van der Waals surface area contributed by atoms with Gasteiger partial charge in [0.1, 0.15) is 11.3 Å². The molecule has 0 atom stereocenters. The molecule has 1 amide bonds. The molecular weight excluding hydrogens is 306 g/mol. The van der Waals surface area contributed by atoms with E-state index in [0.29, 0.717) is 25.3 Å². The Hall–Kier alpha value is -2.08. The summed E-state index contributed by atoms with van der Waals surface area (Å²) in [6.45, 7) is 10.9. The van der Waals surface area contributed by atoms with Crippen LogP contribution in [0.15, 0.2) is 29.4 Å². The zero-order valence-electron chi connectivity index (χ0n) is 15.0. The van der Waals surface area contributed by atoms with E-state index in [1.54, 1.807) is 4.90 Å². The van der Waals surface area contributed by atoms with Crippen LogP contribution in [-0.4, -0.2) is 65.1 Å². The van der Waals surface area contributed by atoms with E-state index in [1.807, 2.05) is 52.0 Å². The number of carbonyl (C=O) groups is 1. The topological polar surface area (TPSA) is 65.4 Å². The van der Waals surface area contributed by atoms with E-state index in [2.05, 4.69) is 10.1 Å². The van der Waals surface area contributed by atoms with Gasteiger partial charge in [-0.25, -0.2) is 4.79 Å². The predicted octanol–water partition coefficient (Wildman–Crippen LogP) is 2.73. The molecule has 0 spiro atoms. The Bertz CT molecular complexity index is 583. The van der Waals surface area contributed by atoms with E-state index in [-0.39, 0.29) is 6.09 Å². The van der Waals surface area contributed by atoms with Crippen LogP contribution in [0, 0.1) is 6.92 Å². The molecule has 1 fully saturated rings. The molecule has 1 aromatic carbocycles. The molecule has 0 unspecified atom stereocenters. The molecule has 1 saturated heterocycles. The molecule has 0 aliphatic carbocycles. The molecule has 1 aromatic rings. The fourth-order valence-corrected chi connectivity index (χ4v) is 2.55. The smallest absolute Gasteiger partial charge is 0.410 e. The molecule has 2 rings (SSSR count). The van der Waals surface area contributed by atoms with Gasteiger partial charge in [-0.2, -0.15) is 0 Å². The summed E-state index contributed by atoms with van der Waals surface area (Å²) in [6, 6.07) is 7.92. The first kappa shape index (κ1) is 18.3. The largest absolute Gasteiger partial charge is 0.444 e. The zero-order chi connectivity index (χ0) is 17.7. The molecular formula is C18H27N3O3. The van der Waals surface area contributed by atoms with Gasteiger partial charge in [0, 0.05) is 38.3 Å². The summed E-state index contributed by atoms with van der Waals surface area (Å²) in [4.78, 5) is 16.0. The highest BCUT2D eigenvalue weighted by Crippen LogP contribution is 2.13. The average molecular weight is 333 g/mol. The van der Waals surface area contributed by atoms with Crippen molar-refractivity contribution in [2.45, 2.75) is 33.3 Å². The van der Waals surface area contributed by atoms with Gasteiger partial charge in [-0.05, 0) is 27.7 Å². The monoisotopic (exact) mass is 333 g/mol. The number of rotatable bonds is 3. The molecule has 6 nitrogen and oxygen atoms in total. The molecule has 0 saturated carbocycles. The average Bonchev–Trinajstić information content (AvgIpc) is 2.52. The third-order valence-corrected chi connectivity index (χ3v) is 3.90. The Kier molecular flexibility index (Phi) is 5.83. The van der Waals surface area contributed by atoms with E-state index in [1.165, 1.54) is 5.56 Å². The lowest BCUT2D eigenvalue weighted by Gasteiger charge is -2.35. The Morgan fingerprint density at radius 3 is 2.25 bits per heavy atom. The third kappa shape index (κ3) is 5.23. The summed E-state index contributed by atoms with van der Waals surface area (Å²) < 4.78 is 5.40. The molecule has 0 bridgehead atoms. The van der Waals surface area contributed by atoms with Crippen LogP contribution in [0.3, 0.4) is 0 Å². The van der Waals surface area contributed by atoms with Gasteiger partial charge in [-0.15, -0.1) is 0 Å². The van der Waals surface area contributed by atoms with Crippen LogP contribution >= 0.6 is 0 Å². The maximum absolute atomic E-state index is 12.1. The van der Waals surface area contributed by atoms with E-state index < -0.39 is 5.60 Å². The zero-order valence-corrected chi connectivity index (χ0v) is 15.0. The lowest BCUT2D eigenvalue weighted by molar-refractivity contribution is 0.0156. The van der Waals surface area contributed by atoms with Crippen LogP contribution in [0.2, 0.25) is 0 Å². The maximum Gasteiger partial charge on any atom is 0.410 e. The Balaban J connectivity index is 1.88. The van der Waals surface area contributed by atoms with Crippen molar-refractivity contribution in [2.24, 2.45) is 5.16 Å². The van der Waals surface area contributed by atoms with E-state index >= 15 is 0 Å². The number of aryl methyl sites for hydroxylation is 1. The molecule has 1 N–H and O–H groups in total. The summed E-state index contributed by atoms with van der Waals surface area (Å²) in [5.74, 6) is 0. The van der Waals surface area contributed by atoms with Gasteiger partial charge in [0.15, 0.2) is 0 Å². The lowest BCUT2D eigenvalue weighted by atomic mass is 10.1. The second-order valence-electron chi connectivity index (χ2n) is 7.16. The Labute approximate surface area is 143 Å². The van der Waals surface area contributed by atoms with Gasteiger partial charge in [0.2, 0.25) is 0 Å². The van der Waals surface area contributed by atoms with Crippen molar-refractivity contribution in [3.63, 3.8) is 0 Å². The van der Waals surface area contributed by atoms with Crippen LogP contribution < -0.4 is 0 Å². The second-order valence-corrected chi connectivity index (χ2v) is 7.16. The molecule has 6 heteroatoms. The summed E-state index contributed by atoms with van der Waals surface area (Å²) in [7, 11) is 0. The number of amides is 1. The van der Waals surface area contributed by atoms with Crippen LogP contribution in [0.1, 0.15) is 31.9 Å². The first-order valence-electron chi connectivity index (χ1n) is 8.27. The van der Waals surface area contributed by atoms with Crippen molar-refractivity contribution < 1.29 is 14.7 Å². The number of ether oxygens (including phenoxy) is 1. The normalized spacial score (nSPS) is 17.0. The molecule has 1 aliphatic heterocycles. The highest BCUT2D eigenvalue weighted by molar-refractivity contribution is 6.01. The summed E-state index contributed by atoms with van der Waals surface area (Å²) in [6.07, 6.45) is -0.267. The highest BCUT2D eigenvalue weighted by atomic mass is 16.6. The van der Waals surface area contributed by atoms with Crippen molar-refractivity contribution in [3.05, 3.63) is 35.4 Å². The third-order valence-electron chi connectivity index (χ3n) is 3.90. The minimum atomic E-state index is -0.476. The summed E-state index contributed by atoms with van der Waals surface area (Å²) in [5, 5.41) is 12.8. The van der Waals surface area contributed by atoms with Gasteiger partial charge in [-0.1, -0.05) is 35.0 Å². The molecule has 0 aromatic heterocycles. The first-order valence-corrected chi connectivity index (χ1v) is 8.27. The van der Waals surface area contributed by atoms with Crippen LogP contribution in [0.5, 0.6) is 0 Å². The number of hydrogen-bond donors (Lipinski definition) is 1. The van der Waals surface area contributed by atoms with E-state index in [0.717, 1.165) is 18.7 Å². The van der Waals surface area contributed by atoms with Gasteiger partial charge in [0.25, 0.3) is 0 Å². The minimum absolute atomic E-state index is 0.267. The predicted molar refractivity (Wildman–Crippen MR) is 93.7 cm³/mol. The van der Waals surface area contributed by atoms with Crippen LogP contribution in [0.25, 0.3) is 0 Å². The van der Waals surface area contributed by atoms with Crippen LogP contribution in [0.4, 0.5) is 4.79 Å². The van der Waals surface area contributed by atoms with Crippen molar-refractivity contribution in [1.82, 2.24) is 9.80 Å². The summed E-state index contributed by atoms with van der Waals surface area (Å²) >= 11 is 0. The standard InChI is InChI=1S/C18H27N3O3/c1-14-5-7-15(8-6-14)16(19-23)13-20-9-11-21(12-10-20)17(22)24-18(2,3)4/h5-8,23H,9-13H2,1-4H3/b19-16-. The number of nitrogens with zero attached hydrogens (tertiary/aromatic N) is 3. The number of oxime groups is 1. The Morgan fingerprint density at radius 2 is 1.75 bits per heavy atom. The van der Waals surface area contributed by atoms with Crippen LogP contribution in [-0.2, 0) is 4.74 Å². The first-order chi connectivity index (χ1) is 11.3. The fourth-order valence-electron chi connectivity index (χ4n) is 2.55. The quantitative estimate of drug-likeness (QED) is 0.525. The SMILES string of the molecule is Cc1ccc(/C(CN2CCN(C(=O)OC(C)(C)C)CC2)=N\O)cc1. The van der Waals surface area contributed by atoms with Crippen molar-refractivity contribution in [3.8, 4) is 0 Å². The molecule has 0 radical (unpaired) electrons. The van der Waals surface area contributed by atoms with Gasteiger partial charge >= 0.3 is 6.09 Å². The molecule has 1 aliphatic rings. The highest BCUT2D eigenvalue weighted by Gasteiger charge is 2.26. The van der Waals surface area contributed by atoms with Gasteiger partial charge in [0.05, 0.1) is 0 Å². The lowest BCUT2D eigenvalue weighted by Crippen LogP contribution is -2.51. The van der Waals surface area contributed by atoms with Crippen molar-refractivity contribution in [1.29, 1.82) is 0 Å². The number of carbonyl (C=O) groups excluding carboxylic acids is 1. The van der Waals surface area contributed by atoms with Crippen molar-refractivity contribution >= 4 is 11.8 Å². The number of hydrogen-bond acceptors (Lipinski definition) is 5. The molecule has 1 heterocycles.